The van der Waals surface area contributed by atoms with E-state index in [0.717, 1.165) is 24.8 Å². The van der Waals surface area contributed by atoms with Gasteiger partial charge in [-0.15, -0.1) is 0 Å². The molecule has 11 heteroatoms. The molecule has 292 valence electrons. The summed E-state index contributed by atoms with van der Waals surface area (Å²) in [7, 11) is 7.16. The maximum absolute atomic E-state index is 14.2. The fourth-order valence-corrected chi connectivity index (χ4v) is 7.96. The van der Waals surface area contributed by atoms with Crippen LogP contribution in [-0.4, -0.2) is 116 Å². The topological polar surface area (TPSA) is 132 Å². The normalized spacial score (nSPS) is 21.0. The number of ether oxygens (including phenoxy) is 2. The molecule has 2 rings (SSSR count). The van der Waals surface area contributed by atoms with Crippen LogP contribution in [0, 0.1) is 23.7 Å². The minimum Gasteiger partial charge on any atom is -0.386 e. The average molecular weight is 718 g/mol. The lowest BCUT2D eigenvalue weighted by molar-refractivity contribution is -0.143. The summed E-state index contributed by atoms with van der Waals surface area (Å²) in [6.07, 6.45) is 0.859. The smallest absolute Gasteiger partial charge is 0.237 e. The van der Waals surface area contributed by atoms with Crippen LogP contribution in [0.5, 0.6) is 0 Å². The fourth-order valence-electron chi connectivity index (χ4n) is 7.96. The molecule has 0 aromatic heterocycles. The molecule has 11 atom stereocenters. The lowest BCUT2D eigenvalue weighted by atomic mass is 9.87. The second-order valence-corrected chi connectivity index (χ2v) is 15.5. The molecule has 1 fully saturated rings. The molecule has 1 saturated heterocycles. The fraction of sp³-hybridized carbons (Fsp3) is 0.775. The molecule has 1 aliphatic rings. The summed E-state index contributed by atoms with van der Waals surface area (Å²) in [6.45, 7) is 19.0. The Bertz CT molecular complexity index is 1200. The minimum atomic E-state index is -0.851. The number of likely N-dealkylation sites (tertiary alicyclic amines) is 1. The lowest BCUT2D eigenvalue weighted by Crippen LogP contribution is -2.60. The Morgan fingerprint density at radius 2 is 1.57 bits per heavy atom. The van der Waals surface area contributed by atoms with E-state index in [9.17, 15) is 19.5 Å². The Morgan fingerprint density at radius 3 is 2.08 bits per heavy atom. The van der Waals surface area contributed by atoms with E-state index in [4.69, 9.17) is 9.47 Å². The van der Waals surface area contributed by atoms with Crippen molar-refractivity contribution in [3.8, 4) is 0 Å². The van der Waals surface area contributed by atoms with Crippen LogP contribution < -0.4 is 16.0 Å². The highest BCUT2D eigenvalue weighted by molar-refractivity contribution is 5.82. The number of benzene rings is 1. The van der Waals surface area contributed by atoms with Crippen molar-refractivity contribution in [1.29, 1.82) is 0 Å². The van der Waals surface area contributed by atoms with Crippen molar-refractivity contribution in [2.75, 3.05) is 34.9 Å². The second-order valence-electron chi connectivity index (χ2n) is 15.5. The van der Waals surface area contributed by atoms with Gasteiger partial charge in [0, 0.05) is 38.9 Å². The molecule has 1 aromatic carbocycles. The molecule has 1 heterocycles. The number of hydrogen-bond acceptors (Lipinski definition) is 8. The van der Waals surface area contributed by atoms with E-state index >= 15 is 0 Å². The predicted octanol–water partition coefficient (Wildman–Crippen LogP) is 4.39. The summed E-state index contributed by atoms with van der Waals surface area (Å²) in [5.74, 6) is -0.293. The van der Waals surface area contributed by atoms with Gasteiger partial charge in [0.05, 0.1) is 48.8 Å². The zero-order valence-electron chi connectivity index (χ0n) is 33.8. The molecular weight excluding hydrogens is 646 g/mol. The second kappa shape index (κ2) is 21.2. The molecule has 0 saturated carbocycles. The quantitative estimate of drug-likeness (QED) is 0.147. The average Bonchev–Trinajstić information content (AvgIpc) is 3.59. The van der Waals surface area contributed by atoms with Gasteiger partial charge in [-0.2, -0.15) is 0 Å². The highest BCUT2D eigenvalue weighted by atomic mass is 16.5. The number of aliphatic hydroxyl groups is 1. The summed E-state index contributed by atoms with van der Waals surface area (Å²) in [6, 6.07) is 7.95. The van der Waals surface area contributed by atoms with Crippen molar-refractivity contribution < 1.29 is 29.0 Å². The van der Waals surface area contributed by atoms with Crippen molar-refractivity contribution in [2.24, 2.45) is 23.7 Å². The van der Waals surface area contributed by atoms with E-state index in [1.807, 2.05) is 63.1 Å². The van der Waals surface area contributed by atoms with E-state index in [2.05, 4.69) is 62.5 Å². The van der Waals surface area contributed by atoms with Crippen molar-refractivity contribution in [1.82, 2.24) is 25.8 Å². The third kappa shape index (κ3) is 11.7. The number of carbonyl (C=O) groups excluding carboxylic acids is 3. The van der Waals surface area contributed by atoms with E-state index in [0.29, 0.717) is 6.54 Å². The molecule has 4 N–H and O–H groups in total. The van der Waals surface area contributed by atoms with Crippen LogP contribution in [0.25, 0.3) is 0 Å². The van der Waals surface area contributed by atoms with Gasteiger partial charge in [0.15, 0.2) is 0 Å². The van der Waals surface area contributed by atoms with E-state index in [-0.39, 0.29) is 72.1 Å². The molecule has 11 nitrogen and oxygen atoms in total. The molecule has 0 bridgehead atoms. The van der Waals surface area contributed by atoms with Gasteiger partial charge in [-0.1, -0.05) is 85.2 Å². The molecule has 0 spiro atoms. The predicted molar refractivity (Wildman–Crippen MR) is 204 cm³/mol. The molecule has 0 radical (unpaired) electrons. The zero-order valence-corrected chi connectivity index (χ0v) is 33.8. The summed E-state index contributed by atoms with van der Waals surface area (Å²) in [5.41, 5.74) is 0.732. The third-order valence-electron chi connectivity index (χ3n) is 11.4. The molecular formula is C40H71N5O6. The number of likely N-dealkylation sites (N-methyl/N-ethyl adjacent to an activating group) is 2. The molecule has 1 aliphatic heterocycles. The highest BCUT2D eigenvalue weighted by Gasteiger charge is 2.43. The SMILES string of the molecule is CC[C@H](C)[C@@H]([C@@H](CC(=O)N1CCC[C@H]1[C@H](OC)[C@@H](C)C(=O)N[C@H](C)[C@@H](O)c1ccccc1)OC)N(C)C(C)[C@@H](NC(=O)[C@@H](NC)C(C)C)C(C)C. The van der Waals surface area contributed by atoms with Crippen LogP contribution in [0.1, 0.15) is 99.7 Å². The maximum Gasteiger partial charge on any atom is 0.237 e. The van der Waals surface area contributed by atoms with E-state index in [1.54, 1.807) is 21.1 Å². The first-order valence-corrected chi connectivity index (χ1v) is 19.1. The standard InChI is InChI=1S/C40H71N5O6/c1-14-26(6)36(44(11)29(9)34(24(2)3)43-40(49)35(41-10)25(4)5)32(50-12)23-33(46)45-22-18-21-31(45)38(51-13)27(7)39(48)42-28(8)37(47)30-19-16-15-17-20-30/h15-17,19-20,24-29,31-32,34-38,41,47H,14,18,21-23H2,1-13H3,(H,42,48)(H,43,49)/t26-,27+,28+,29?,31-,32+,34-,35-,36-,37+,38+/m0/s1. The molecule has 1 aromatic rings. The van der Waals surface area contributed by atoms with Gasteiger partial charge in [0.1, 0.15) is 0 Å². The Balaban J connectivity index is 2.24. The van der Waals surface area contributed by atoms with E-state index in [1.165, 1.54) is 0 Å². The van der Waals surface area contributed by atoms with Gasteiger partial charge in [-0.3, -0.25) is 19.3 Å². The first kappa shape index (κ1) is 44.6. The monoisotopic (exact) mass is 718 g/mol. The lowest BCUT2D eigenvalue weighted by Gasteiger charge is -2.45. The number of hydrogen-bond donors (Lipinski definition) is 4. The van der Waals surface area contributed by atoms with Crippen molar-refractivity contribution in [3.05, 3.63) is 35.9 Å². The van der Waals surface area contributed by atoms with Gasteiger partial charge in [0.2, 0.25) is 17.7 Å². The van der Waals surface area contributed by atoms with Crippen molar-refractivity contribution >= 4 is 17.7 Å². The summed E-state index contributed by atoms with van der Waals surface area (Å²) in [5, 5.41) is 20.3. The number of amides is 3. The molecule has 0 aliphatic carbocycles. The summed E-state index contributed by atoms with van der Waals surface area (Å²) >= 11 is 0. The molecule has 1 unspecified atom stereocenters. The van der Waals surface area contributed by atoms with Gasteiger partial charge in [0.25, 0.3) is 0 Å². The van der Waals surface area contributed by atoms with Crippen LogP contribution in [0.4, 0.5) is 0 Å². The van der Waals surface area contributed by atoms with Crippen LogP contribution in [-0.2, 0) is 23.9 Å². The van der Waals surface area contributed by atoms with Crippen molar-refractivity contribution in [2.45, 2.75) is 143 Å². The third-order valence-corrected chi connectivity index (χ3v) is 11.4. The van der Waals surface area contributed by atoms with Crippen LogP contribution >= 0.6 is 0 Å². The first-order valence-electron chi connectivity index (χ1n) is 19.1. The number of nitrogens with one attached hydrogen (secondary N) is 3. The minimum absolute atomic E-state index is 0.0116. The Kier molecular flexibility index (Phi) is 18.5. The van der Waals surface area contributed by atoms with Crippen LogP contribution in [0.2, 0.25) is 0 Å². The number of methoxy groups -OCH3 is 2. The number of carbonyl (C=O) groups is 3. The maximum atomic E-state index is 14.2. The number of rotatable bonds is 21. The highest BCUT2D eigenvalue weighted by Crippen LogP contribution is 2.30. The molecule has 3 amide bonds. The van der Waals surface area contributed by atoms with Gasteiger partial charge >= 0.3 is 0 Å². The largest absolute Gasteiger partial charge is 0.386 e. The van der Waals surface area contributed by atoms with Crippen LogP contribution in [0.15, 0.2) is 30.3 Å². The summed E-state index contributed by atoms with van der Waals surface area (Å²) < 4.78 is 12.1. The van der Waals surface area contributed by atoms with E-state index < -0.39 is 30.3 Å². The first-order chi connectivity index (χ1) is 24.0. The van der Waals surface area contributed by atoms with Gasteiger partial charge in [-0.05, 0) is 64.1 Å². The Morgan fingerprint density at radius 1 is 0.941 bits per heavy atom. The van der Waals surface area contributed by atoms with Gasteiger partial charge < -0.3 is 35.4 Å². The Labute approximate surface area is 309 Å². The van der Waals surface area contributed by atoms with Gasteiger partial charge in [-0.25, -0.2) is 0 Å². The van der Waals surface area contributed by atoms with Crippen molar-refractivity contribution in [3.63, 3.8) is 0 Å². The van der Waals surface area contributed by atoms with Crippen LogP contribution in [0.3, 0.4) is 0 Å². The number of aliphatic hydroxyl groups excluding tert-OH is 1. The number of nitrogens with zero attached hydrogens (tertiary/aromatic N) is 2. The summed E-state index contributed by atoms with van der Waals surface area (Å²) in [4.78, 5) is 45.2. The molecule has 51 heavy (non-hydrogen) atoms. The Hall–Kier alpha value is -2.57. The zero-order chi connectivity index (χ0) is 38.6.